The predicted octanol–water partition coefficient (Wildman–Crippen LogP) is 2.13. The van der Waals surface area contributed by atoms with Gasteiger partial charge in [0.1, 0.15) is 0 Å². The molecule has 6 heteroatoms. The van der Waals surface area contributed by atoms with Crippen LogP contribution in [0.2, 0.25) is 0 Å². The molecule has 0 atom stereocenters. The third-order valence-electron chi connectivity index (χ3n) is 1.76. The molecule has 0 unspecified atom stereocenters. The molecule has 92 valence electrons. The van der Waals surface area contributed by atoms with Gasteiger partial charge in [-0.05, 0) is 13.8 Å². The van der Waals surface area contributed by atoms with Crippen LogP contribution >= 0.6 is 23.4 Å². The molecule has 0 heterocycles. The van der Waals surface area contributed by atoms with E-state index >= 15 is 0 Å². The fraction of sp³-hybridized carbons (Fsp3) is 0.600. The van der Waals surface area contributed by atoms with Crippen LogP contribution in [0.5, 0.6) is 0 Å². The highest BCUT2D eigenvalue weighted by atomic mass is 35.5. The number of nitrogens with two attached hydrogens (primary N) is 1. The molecule has 0 saturated carbocycles. The van der Waals surface area contributed by atoms with Gasteiger partial charge in [0.05, 0.1) is 18.9 Å². The van der Waals surface area contributed by atoms with Gasteiger partial charge in [-0.2, -0.15) is 0 Å². The average Bonchev–Trinajstić information content (AvgIpc) is 2.25. The summed E-state index contributed by atoms with van der Waals surface area (Å²) in [7, 11) is 1.61. The largest absolute Gasteiger partial charge is 0.466 e. The van der Waals surface area contributed by atoms with Gasteiger partial charge < -0.3 is 10.5 Å². The summed E-state index contributed by atoms with van der Waals surface area (Å²) in [6.45, 7) is 3.99. The minimum absolute atomic E-state index is 0.236. The van der Waals surface area contributed by atoms with Gasteiger partial charge in [-0.25, -0.2) is 0 Å². The van der Waals surface area contributed by atoms with E-state index in [1.54, 1.807) is 14.0 Å². The highest BCUT2D eigenvalue weighted by Crippen LogP contribution is 2.23. The van der Waals surface area contributed by atoms with E-state index in [1.165, 1.54) is 11.8 Å². The van der Waals surface area contributed by atoms with E-state index in [9.17, 15) is 4.79 Å². The second-order valence-electron chi connectivity index (χ2n) is 2.98. The SMILES string of the molecule is CCOC(=O)C/C(C)=C(\CCl)SC(N)=NC. The highest BCUT2D eigenvalue weighted by molar-refractivity contribution is 8.17. The molecule has 4 nitrogen and oxygen atoms in total. The zero-order valence-electron chi connectivity index (χ0n) is 9.75. The minimum Gasteiger partial charge on any atom is -0.466 e. The zero-order valence-corrected chi connectivity index (χ0v) is 11.3. The fourth-order valence-electron chi connectivity index (χ4n) is 0.927. The van der Waals surface area contributed by atoms with E-state index in [-0.39, 0.29) is 12.4 Å². The lowest BCUT2D eigenvalue weighted by Gasteiger charge is -2.08. The van der Waals surface area contributed by atoms with Crippen LogP contribution in [-0.2, 0) is 9.53 Å². The van der Waals surface area contributed by atoms with Crippen molar-refractivity contribution in [2.24, 2.45) is 10.7 Å². The van der Waals surface area contributed by atoms with Crippen molar-refractivity contribution in [1.29, 1.82) is 0 Å². The van der Waals surface area contributed by atoms with Crippen LogP contribution in [0.1, 0.15) is 20.3 Å². The van der Waals surface area contributed by atoms with Crippen molar-refractivity contribution in [3.05, 3.63) is 10.5 Å². The van der Waals surface area contributed by atoms with Crippen molar-refractivity contribution < 1.29 is 9.53 Å². The Kier molecular flexibility index (Phi) is 8.11. The molecule has 0 aromatic carbocycles. The van der Waals surface area contributed by atoms with Gasteiger partial charge in [0.25, 0.3) is 0 Å². The number of carbonyl (C=O) groups excluding carboxylic acids is 1. The first-order chi connectivity index (χ1) is 7.54. The zero-order chi connectivity index (χ0) is 12.6. The summed E-state index contributed by atoms with van der Waals surface area (Å²) < 4.78 is 4.85. The number of halogens is 1. The second kappa shape index (κ2) is 8.47. The minimum atomic E-state index is -0.254. The Labute approximate surface area is 105 Å². The molecule has 0 radical (unpaired) electrons. The standard InChI is InChI=1S/C10H17ClN2O2S/c1-4-15-9(14)5-7(2)8(6-11)16-10(12)13-3/h4-6H2,1-3H3,(H2,12,13)/b8-7+. The third-order valence-corrected chi connectivity index (χ3v) is 3.32. The summed E-state index contributed by atoms with van der Waals surface area (Å²) in [5.41, 5.74) is 6.45. The van der Waals surface area contributed by atoms with Crippen molar-refractivity contribution in [1.82, 2.24) is 0 Å². The Bertz CT molecular complexity index is 303. The maximum Gasteiger partial charge on any atom is 0.309 e. The molecule has 0 amide bonds. The first-order valence-corrected chi connectivity index (χ1v) is 6.20. The summed E-state index contributed by atoms with van der Waals surface area (Å²) >= 11 is 7.06. The van der Waals surface area contributed by atoms with E-state index in [1.807, 2.05) is 6.92 Å². The number of rotatable bonds is 5. The first-order valence-electron chi connectivity index (χ1n) is 4.85. The van der Waals surface area contributed by atoms with Gasteiger partial charge in [0, 0.05) is 12.0 Å². The normalized spacial score (nSPS) is 13.4. The Morgan fingerprint density at radius 3 is 2.62 bits per heavy atom. The third kappa shape index (κ3) is 6.02. The van der Waals surface area contributed by atoms with Crippen LogP contribution in [0.4, 0.5) is 0 Å². The smallest absolute Gasteiger partial charge is 0.309 e. The lowest BCUT2D eigenvalue weighted by atomic mass is 10.2. The number of hydrogen-bond donors (Lipinski definition) is 1. The summed E-state index contributed by atoms with van der Waals surface area (Å²) in [6.07, 6.45) is 0.236. The topological polar surface area (TPSA) is 64.7 Å². The van der Waals surface area contributed by atoms with Gasteiger partial charge in [0.15, 0.2) is 5.17 Å². The quantitative estimate of drug-likeness (QED) is 0.358. The Balaban J connectivity index is 4.55. The van der Waals surface area contributed by atoms with E-state index in [4.69, 9.17) is 22.1 Å². The maximum absolute atomic E-state index is 11.3. The van der Waals surface area contributed by atoms with Crippen LogP contribution in [0.15, 0.2) is 15.5 Å². The predicted molar refractivity (Wildman–Crippen MR) is 69.8 cm³/mol. The van der Waals surface area contributed by atoms with Gasteiger partial charge >= 0.3 is 5.97 Å². The highest BCUT2D eigenvalue weighted by Gasteiger charge is 2.09. The van der Waals surface area contributed by atoms with Crippen LogP contribution in [-0.4, -0.2) is 30.7 Å². The number of thioether (sulfide) groups is 1. The molecule has 0 aliphatic heterocycles. The number of amidine groups is 1. The molecule has 0 saturated heterocycles. The molecular formula is C10H17ClN2O2S. The molecule has 0 aliphatic carbocycles. The summed E-state index contributed by atoms with van der Waals surface area (Å²) in [5, 5.41) is 0.429. The van der Waals surface area contributed by atoms with E-state index in [2.05, 4.69) is 4.99 Å². The van der Waals surface area contributed by atoms with Gasteiger partial charge in [-0.1, -0.05) is 17.3 Å². The van der Waals surface area contributed by atoms with Crippen molar-refractivity contribution in [2.75, 3.05) is 19.5 Å². The van der Waals surface area contributed by atoms with Gasteiger partial charge in [-0.15, -0.1) is 11.6 Å². The maximum atomic E-state index is 11.3. The number of esters is 1. The monoisotopic (exact) mass is 264 g/mol. The Hall–Kier alpha value is -0.680. The van der Waals surface area contributed by atoms with Crippen molar-refractivity contribution in [3.8, 4) is 0 Å². The molecule has 16 heavy (non-hydrogen) atoms. The number of allylic oxidation sites excluding steroid dienone is 1. The summed E-state index contributed by atoms with van der Waals surface area (Å²) in [4.78, 5) is 15.9. The first kappa shape index (κ1) is 15.3. The van der Waals surface area contributed by atoms with Crippen LogP contribution in [0.3, 0.4) is 0 Å². The number of carbonyl (C=O) groups is 1. The average molecular weight is 265 g/mol. The fourth-order valence-corrected chi connectivity index (χ4v) is 1.96. The van der Waals surface area contributed by atoms with Crippen LogP contribution in [0.25, 0.3) is 0 Å². The van der Waals surface area contributed by atoms with Gasteiger partial charge in [-0.3, -0.25) is 9.79 Å². The number of hydrogen-bond acceptors (Lipinski definition) is 4. The molecule has 2 N–H and O–H groups in total. The molecule has 0 spiro atoms. The van der Waals surface area contributed by atoms with Crippen LogP contribution < -0.4 is 5.73 Å². The molecule has 0 fully saturated rings. The molecular weight excluding hydrogens is 248 g/mol. The molecule has 0 aromatic rings. The summed E-state index contributed by atoms with van der Waals surface area (Å²) in [6, 6.07) is 0. The molecule has 0 aliphatic rings. The van der Waals surface area contributed by atoms with Crippen LogP contribution in [0, 0.1) is 0 Å². The van der Waals surface area contributed by atoms with Gasteiger partial charge in [0.2, 0.25) is 0 Å². The number of alkyl halides is 1. The van der Waals surface area contributed by atoms with Crippen molar-refractivity contribution >= 4 is 34.5 Å². The second-order valence-corrected chi connectivity index (χ2v) is 4.37. The lowest BCUT2D eigenvalue weighted by Crippen LogP contribution is -2.09. The van der Waals surface area contributed by atoms with E-state index in [0.717, 1.165) is 10.5 Å². The molecule has 0 aromatic heterocycles. The Morgan fingerprint density at radius 1 is 1.56 bits per heavy atom. The number of aliphatic imine (C=N–C) groups is 1. The van der Waals surface area contributed by atoms with E-state index in [0.29, 0.717) is 17.7 Å². The number of nitrogens with zero attached hydrogens (tertiary/aromatic N) is 1. The Morgan fingerprint density at radius 2 is 2.19 bits per heavy atom. The lowest BCUT2D eigenvalue weighted by molar-refractivity contribution is -0.142. The summed E-state index contributed by atoms with van der Waals surface area (Å²) in [5.74, 6) is 0.0572. The van der Waals surface area contributed by atoms with E-state index < -0.39 is 0 Å². The molecule has 0 rings (SSSR count). The van der Waals surface area contributed by atoms with Crippen molar-refractivity contribution in [2.45, 2.75) is 20.3 Å². The number of ether oxygens (including phenoxy) is 1. The van der Waals surface area contributed by atoms with Crippen molar-refractivity contribution in [3.63, 3.8) is 0 Å². The molecule has 0 bridgehead atoms.